The number of rotatable bonds is 2. The van der Waals surface area contributed by atoms with Crippen LogP contribution in [0.3, 0.4) is 0 Å². The average Bonchev–Trinajstić information content (AvgIpc) is 2.12. The van der Waals surface area contributed by atoms with Crippen LogP contribution in [0.5, 0.6) is 5.75 Å². The van der Waals surface area contributed by atoms with Gasteiger partial charge in [-0.1, -0.05) is 29.3 Å². The van der Waals surface area contributed by atoms with Crippen LogP contribution in [0, 0.1) is 11.1 Å². The maximum absolute atomic E-state index is 10.9. The van der Waals surface area contributed by atoms with E-state index in [1.54, 1.807) is 6.07 Å². The molecular weight excluding hydrogens is 255 g/mol. The van der Waals surface area contributed by atoms with Crippen LogP contribution < -0.4 is 4.52 Å². The zero-order valence-electron chi connectivity index (χ0n) is 6.65. The SMILES string of the molecule is N#CP(=O)(O)Oc1c(Cl)cccc1Cl.[LiH]. The number of hydrogen-bond donors (Lipinski definition) is 1. The molecule has 4 nitrogen and oxygen atoms in total. The van der Waals surface area contributed by atoms with E-state index >= 15 is 0 Å². The first-order valence-corrected chi connectivity index (χ1v) is 5.67. The van der Waals surface area contributed by atoms with Gasteiger partial charge >= 0.3 is 26.5 Å². The van der Waals surface area contributed by atoms with E-state index in [1.807, 2.05) is 0 Å². The van der Waals surface area contributed by atoms with Gasteiger partial charge in [-0.05, 0) is 12.1 Å². The first kappa shape index (κ1) is 14.9. The molecule has 0 heterocycles. The second-order valence-corrected chi connectivity index (χ2v) is 4.50. The summed E-state index contributed by atoms with van der Waals surface area (Å²) >= 11 is 11.3. The minimum atomic E-state index is -4.31. The summed E-state index contributed by atoms with van der Waals surface area (Å²) in [6.45, 7) is 0. The second kappa shape index (κ2) is 5.82. The predicted octanol–water partition coefficient (Wildman–Crippen LogP) is 2.39. The summed E-state index contributed by atoms with van der Waals surface area (Å²) in [6, 6.07) is 4.41. The molecule has 1 N–H and O–H groups in total. The summed E-state index contributed by atoms with van der Waals surface area (Å²) in [6.07, 6.45) is 0. The van der Waals surface area contributed by atoms with Gasteiger partial charge < -0.3 is 9.42 Å². The monoisotopic (exact) mass is 259 g/mol. The van der Waals surface area contributed by atoms with Gasteiger partial charge in [-0.2, -0.15) is 5.26 Å². The number of halogens is 2. The van der Waals surface area contributed by atoms with E-state index in [0.717, 1.165) is 5.81 Å². The molecule has 15 heavy (non-hydrogen) atoms. The Labute approximate surface area is 108 Å². The molecule has 0 radical (unpaired) electrons. The van der Waals surface area contributed by atoms with E-state index in [9.17, 15) is 4.57 Å². The molecule has 0 aromatic heterocycles. The molecule has 0 saturated carbocycles. The Morgan fingerprint density at radius 2 is 1.87 bits per heavy atom. The molecule has 76 valence electrons. The minimum absolute atomic E-state index is 0. The van der Waals surface area contributed by atoms with Crippen LogP contribution in [0.15, 0.2) is 18.2 Å². The fraction of sp³-hybridized carbons (Fsp3) is 0. The number of para-hydroxylation sites is 1. The molecule has 1 aromatic rings. The van der Waals surface area contributed by atoms with Gasteiger partial charge in [0.1, 0.15) is 0 Å². The Kier molecular flexibility index (Phi) is 5.78. The molecule has 0 aliphatic rings. The van der Waals surface area contributed by atoms with Crippen LogP contribution in [-0.4, -0.2) is 23.8 Å². The fourth-order valence-corrected chi connectivity index (χ4v) is 1.78. The standard InChI is InChI=1S/C7H4Cl2NO3P.Li.H/c8-5-2-1-3-6(9)7(5)13-14(11,12)4-10;;/h1-3H,(H,11,12);;. The summed E-state index contributed by atoms with van der Waals surface area (Å²) in [5.74, 6) is 0.952. The van der Waals surface area contributed by atoms with E-state index < -0.39 is 7.60 Å². The van der Waals surface area contributed by atoms with Crippen molar-refractivity contribution in [3.63, 3.8) is 0 Å². The van der Waals surface area contributed by atoms with Crippen LogP contribution in [0.2, 0.25) is 10.0 Å². The average molecular weight is 260 g/mol. The first-order valence-electron chi connectivity index (χ1n) is 3.34. The summed E-state index contributed by atoms with van der Waals surface area (Å²) in [5.41, 5.74) is 0. The summed E-state index contributed by atoms with van der Waals surface area (Å²) in [4.78, 5) is 8.88. The Bertz CT molecular complexity index is 428. The molecule has 1 rings (SSSR count). The van der Waals surface area contributed by atoms with Crippen molar-refractivity contribution in [1.82, 2.24) is 0 Å². The van der Waals surface area contributed by atoms with Gasteiger partial charge in [-0.25, -0.2) is 4.57 Å². The van der Waals surface area contributed by atoms with Gasteiger partial charge in [0.15, 0.2) is 11.6 Å². The number of nitriles is 1. The summed E-state index contributed by atoms with van der Waals surface area (Å²) in [7, 11) is -4.31. The molecule has 0 aliphatic heterocycles. The van der Waals surface area contributed by atoms with Gasteiger partial charge in [0.05, 0.1) is 10.0 Å². The van der Waals surface area contributed by atoms with Gasteiger partial charge in [0.2, 0.25) is 0 Å². The zero-order valence-corrected chi connectivity index (χ0v) is 9.05. The first-order chi connectivity index (χ1) is 6.46. The predicted molar refractivity (Wildman–Crippen MR) is 59.7 cm³/mol. The zero-order chi connectivity index (χ0) is 10.8. The molecule has 0 fully saturated rings. The van der Waals surface area contributed by atoms with E-state index in [1.165, 1.54) is 12.1 Å². The van der Waals surface area contributed by atoms with Gasteiger partial charge in [0, 0.05) is 0 Å². The molecule has 8 heteroatoms. The van der Waals surface area contributed by atoms with Crippen molar-refractivity contribution in [2.24, 2.45) is 0 Å². The number of benzene rings is 1. The Balaban J connectivity index is 0.00000196. The Hall–Kier alpha value is -0.123. The van der Waals surface area contributed by atoms with E-state index in [-0.39, 0.29) is 34.7 Å². The Morgan fingerprint density at radius 1 is 1.40 bits per heavy atom. The molecule has 1 atom stereocenters. The van der Waals surface area contributed by atoms with Crippen molar-refractivity contribution < 1.29 is 14.0 Å². The van der Waals surface area contributed by atoms with Crippen LogP contribution in [0.4, 0.5) is 0 Å². The van der Waals surface area contributed by atoms with Crippen molar-refractivity contribution in [2.75, 3.05) is 0 Å². The third-order valence-corrected chi connectivity index (χ3v) is 2.54. The molecule has 0 saturated heterocycles. The van der Waals surface area contributed by atoms with Crippen molar-refractivity contribution >= 4 is 49.7 Å². The molecule has 0 aliphatic carbocycles. The molecule has 0 bridgehead atoms. The van der Waals surface area contributed by atoms with E-state index in [0.29, 0.717) is 0 Å². The molecule has 1 unspecified atom stereocenters. The fourth-order valence-electron chi connectivity index (χ4n) is 0.714. The van der Waals surface area contributed by atoms with E-state index in [2.05, 4.69) is 4.52 Å². The summed E-state index contributed by atoms with van der Waals surface area (Å²) in [5, 5.41) is 8.41. The molecule has 0 spiro atoms. The summed E-state index contributed by atoms with van der Waals surface area (Å²) < 4.78 is 15.4. The number of nitrogens with zero attached hydrogens (tertiary/aromatic N) is 1. The van der Waals surface area contributed by atoms with Gasteiger partial charge in [-0.3, -0.25) is 0 Å². The number of hydrogen-bond acceptors (Lipinski definition) is 3. The topological polar surface area (TPSA) is 70.3 Å². The molecule has 0 amide bonds. The third kappa shape index (κ3) is 4.09. The van der Waals surface area contributed by atoms with Gasteiger partial charge in [0.25, 0.3) is 0 Å². The molecule has 1 aromatic carbocycles. The maximum atomic E-state index is 10.9. The second-order valence-electron chi connectivity index (χ2n) is 2.26. The van der Waals surface area contributed by atoms with Crippen LogP contribution in [0.25, 0.3) is 0 Å². The Morgan fingerprint density at radius 3 is 2.27 bits per heavy atom. The van der Waals surface area contributed by atoms with Crippen molar-refractivity contribution in [3.05, 3.63) is 28.2 Å². The van der Waals surface area contributed by atoms with Crippen molar-refractivity contribution in [2.45, 2.75) is 0 Å². The van der Waals surface area contributed by atoms with Crippen LogP contribution in [-0.2, 0) is 4.57 Å². The quantitative estimate of drug-likeness (QED) is 0.654. The van der Waals surface area contributed by atoms with Crippen LogP contribution in [0.1, 0.15) is 0 Å². The van der Waals surface area contributed by atoms with Gasteiger partial charge in [-0.15, -0.1) is 0 Å². The third-order valence-electron chi connectivity index (χ3n) is 1.26. The van der Waals surface area contributed by atoms with Crippen LogP contribution >= 0.6 is 30.8 Å². The normalized spacial score (nSPS) is 13.2. The van der Waals surface area contributed by atoms with Crippen molar-refractivity contribution in [1.29, 1.82) is 5.26 Å². The molecular formula is C7H5Cl2LiNO3P. The van der Waals surface area contributed by atoms with Crippen molar-refractivity contribution in [3.8, 4) is 11.6 Å². The van der Waals surface area contributed by atoms with E-state index in [4.69, 9.17) is 33.4 Å².